The highest BCUT2D eigenvalue weighted by Gasteiger charge is 2.87. The monoisotopic (exact) mass is 467 g/mol. The van der Waals surface area contributed by atoms with Crippen LogP contribution in [-0.4, -0.2) is 39.9 Å². The van der Waals surface area contributed by atoms with Crippen LogP contribution in [0.4, 0.5) is 39.5 Å². The minimum absolute atomic E-state index is 0.308. The second kappa shape index (κ2) is 7.72. The van der Waals surface area contributed by atoms with Crippen molar-refractivity contribution < 1.29 is 49.5 Å². The highest BCUT2D eigenvalue weighted by Crippen LogP contribution is 2.55. The van der Waals surface area contributed by atoms with Crippen LogP contribution in [0, 0.1) is 0 Å². The standard InChI is InChI=1S/C19H22F9NO2/c1-4-15(5-2)11-10-14(3,29(15)30)12-6-8-13(9-7-12)31-16(17(20,21)22,18(23,24)25)19(26,27)28/h6-9,30H,4-5,10-11H2,1-3H3. The predicted octanol–water partition coefficient (Wildman–Crippen LogP) is 6.75. The molecular weight excluding hydrogens is 445 g/mol. The highest BCUT2D eigenvalue weighted by molar-refractivity contribution is 5.34. The van der Waals surface area contributed by atoms with Crippen LogP contribution in [0.1, 0.15) is 52.0 Å². The number of nitrogens with zero attached hydrogens (tertiary/aromatic N) is 1. The molecule has 31 heavy (non-hydrogen) atoms. The van der Waals surface area contributed by atoms with Gasteiger partial charge >= 0.3 is 24.1 Å². The van der Waals surface area contributed by atoms with Crippen LogP contribution in [0.15, 0.2) is 24.3 Å². The minimum atomic E-state index is -6.82. The van der Waals surface area contributed by atoms with Crippen LogP contribution in [0.5, 0.6) is 5.75 Å². The van der Waals surface area contributed by atoms with Crippen LogP contribution in [0.2, 0.25) is 0 Å². The molecule has 0 amide bonds. The second-order valence-electron chi connectivity index (χ2n) is 7.82. The van der Waals surface area contributed by atoms with Gasteiger partial charge in [-0.15, -0.1) is 0 Å². The zero-order valence-corrected chi connectivity index (χ0v) is 16.8. The van der Waals surface area contributed by atoms with E-state index in [0.29, 0.717) is 43.4 Å². The Labute approximate surface area is 172 Å². The Bertz CT molecular complexity index is 731. The molecule has 1 heterocycles. The summed E-state index contributed by atoms with van der Waals surface area (Å²) in [6, 6.07) is 3.30. The maximum absolute atomic E-state index is 13.0. The van der Waals surface area contributed by atoms with Crippen molar-refractivity contribution in [2.45, 2.75) is 81.7 Å². The van der Waals surface area contributed by atoms with E-state index in [4.69, 9.17) is 0 Å². The number of halogens is 9. The molecule has 1 aliphatic rings. The molecule has 1 N–H and O–H groups in total. The average molecular weight is 467 g/mol. The molecule has 2 rings (SSSR count). The van der Waals surface area contributed by atoms with Crippen molar-refractivity contribution in [1.82, 2.24) is 5.06 Å². The van der Waals surface area contributed by atoms with E-state index < -0.39 is 41.0 Å². The van der Waals surface area contributed by atoms with Crippen LogP contribution in [0.25, 0.3) is 0 Å². The maximum atomic E-state index is 13.0. The van der Waals surface area contributed by atoms with Gasteiger partial charge in [-0.3, -0.25) is 0 Å². The van der Waals surface area contributed by atoms with Gasteiger partial charge in [0.1, 0.15) is 5.75 Å². The fourth-order valence-electron chi connectivity index (χ4n) is 4.10. The van der Waals surface area contributed by atoms with Crippen molar-refractivity contribution >= 4 is 0 Å². The summed E-state index contributed by atoms with van der Waals surface area (Å²) in [5.74, 6) is -1.26. The predicted molar refractivity (Wildman–Crippen MR) is 91.5 cm³/mol. The van der Waals surface area contributed by atoms with Crippen molar-refractivity contribution in [3.8, 4) is 5.75 Å². The van der Waals surface area contributed by atoms with E-state index in [1.54, 1.807) is 6.92 Å². The average Bonchev–Trinajstić information content (AvgIpc) is 2.90. The van der Waals surface area contributed by atoms with E-state index in [9.17, 15) is 44.7 Å². The maximum Gasteiger partial charge on any atom is 0.447 e. The smallest absolute Gasteiger partial charge is 0.447 e. The van der Waals surface area contributed by atoms with E-state index in [1.165, 1.54) is 0 Å². The van der Waals surface area contributed by atoms with Crippen molar-refractivity contribution in [2.75, 3.05) is 0 Å². The van der Waals surface area contributed by atoms with E-state index in [2.05, 4.69) is 4.74 Å². The molecule has 1 fully saturated rings. The third-order valence-electron chi connectivity index (χ3n) is 6.25. The van der Waals surface area contributed by atoms with Gasteiger partial charge in [-0.05, 0) is 50.3 Å². The molecule has 0 saturated carbocycles. The summed E-state index contributed by atoms with van der Waals surface area (Å²) < 4.78 is 121. The van der Waals surface area contributed by atoms with Crippen molar-refractivity contribution in [2.24, 2.45) is 0 Å². The Hall–Kier alpha value is -1.69. The van der Waals surface area contributed by atoms with E-state index in [1.807, 2.05) is 13.8 Å². The molecule has 12 heteroatoms. The Morgan fingerprint density at radius 2 is 1.26 bits per heavy atom. The number of rotatable bonds is 5. The molecule has 178 valence electrons. The van der Waals surface area contributed by atoms with Crippen LogP contribution in [-0.2, 0) is 5.54 Å². The van der Waals surface area contributed by atoms with Crippen molar-refractivity contribution in [1.29, 1.82) is 0 Å². The zero-order valence-electron chi connectivity index (χ0n) is 16.8. The first-order valence-corrected chi connectivity index (χ1v) is 9.41. The molecule has 0 aromatic heterocycles. The zero-order chi connectivity index (χ0) is 24.1. The third kappa shape index (κ3) is 3.85. The van der Waals surface area contributed by atoms with Gasteiger partial charge in [0.2, 0.25) is 0 Å². The van der Waals surface area contributed by atoms with Gasteiger partial charge in [-0.1, -0.05) is 26.0 Å². The first kappa shape index (κ1) is 25.6. The number of hydroxylamine groups is 2. The van der Waals surface area contributed by atoms with Gasteiger partial charge < -0.3 is 9.94 Å². The fraction of sp³-hybridized carbons (Fsp3) is 0.684. The molecule has 0 aliphatic carbocycles. The number of hydrogen-bond donors (Lipinski definition) is 1. The van der Waals surface area contributed by atoms with E-state index in [0.717, 1.165) is 17.2 Å². The lowest BCUT2D eigenvalue weighted by Gasteiger charge is -2.41. The molecule has 1 saturated heterocycles. The molecule has 1 unspecified atom stereocenters. The van der Waals surface area contributed by atoms with Crippen molar-refractivity contribution in [3.63, 3.8) is 0 Å². The molecule has 1 aromatic carbocycles. The first-order valence-electron chi connectivity index (χ1n) is 9.41. The van der Waals surface area contributed by atoms with Gasteiger partial charge in [0.05, 0.1) is 5.54 Å². The molecule has 0 bridgehead atoms. The number of hydrogen-bond acceptors (Lipinski definition) is 3. The van der Waals surface area contributed by atoms with Gasteiger partial charge in [0.25, 0.3) is 0 Å². The van der Waals surface area contributed by atoms with Gasteiger partial charge in [0, 0.05) is 5.54 Å². The van der Waals surface area contributed by atoms with Crippen LogP contribution < -0.4 is 4.74 Å². The topological polar surface area (TPSA) is 32.7 Å². The second-order valence-corrected chi connectivity index (χ2v) is 7.82. The molecule has 3 nitrogen and oxygen atoms in total. The fourth-order valence-corrected chi connectivity index (χ4v) is 4.10. The SMILES string of the molecule is CCC1(CC)CCC(C)(c2ccc(OC(C(F)(F)F)(C(F)(F)F)C(F)(F)F)cc2)N1O. The molecule has 0 radical (unpaired) electrons. The summed E-state index contributed by atoms with van der Waals surface area (Å²) in [5, 5.41) is 11.9. The summed E-state index contributed by atoms with van der Waals surface area (Å²) in [4.78, 5) is 0. The summed E-state index contributed by atoms with van der Waals surface area (Å²) in [5.41, 5.74) is -7.67. The van der Waals surface area contributed by atoms with Crippen LogP contribution >= 0.6 is 0 Å². The summed E-state index contributed by atoms with van der Waals surface area (Å²) in [6.45, 7) is 5.35. The quantitative estimate of drug-likeness (QED) is 0.487. The summed E-state index contributed by atoms with van der Waals surface area (Å²) in [6.07, 6.45) is -18.3. The lowest BCUT2D eigenvalue weighted by molar-refractivity contribution is -0.436. The minimum Gasteiger partial charge on any atom is -0.462 e. The summed E-state index contributed by atoms with van der Waals surface area (Å²) in [7, 11) is 0. The largest absolute Gasteiger partial charge is 0.462 e. The molecule has 1 aliphatic heterocycles. The highest BCUT2D eigenvalue weighted by atomic mass is 19.4. The van der Waals surface area contributed by atoms with Gasteiger partial charge in [0.15, 0.2) is 0 Å². The number of ether oxygens (including phenoxy) is 1. The molecule has 1 atom stereocenters. The van der Waals surface area contributed by atoms with E-state index in [-0.39, 0.29) is 0 Å². The number of alkyl halides is 9. The Balaban J connectivity index is 2.45. The molecule has 0 spiro atoms. The van der Waals surface area contributed by atoms with Gasteiger partial charge in [-0.25, -0.2) is 0 Å². The lowest BCUT2D eigenvalue weighted by atomic mass is 9.89. The lowest BCUT2D eigenvalue weighted by Crippen LogP contribution is -2.69. The Kier molecular flexibility index (Phi) is 6.36. The Morgan fingerprint density at radius 1 is 0.839 bits per heavy atom. The first-order chi connectivity index (χ1) is 13.9. The number of benzene rings is 1. The molecular formula is C19H22F9NO2. The molecule has 1 aromatic rings. The summed E-state index contributed by atoms with van der Waals surface area (Å²) >= 11 is 0. The van der Waals surface area contributed by atoms with Crippen molar-refractivity contribution in [3.05, 3.63) is 29.8 Å². The van der Waals surface area contributed by atoms with Crippen LogP contribution in [0.3, 0.4) is 0 Å². The van der Waals surface area contributed by atoms with E-state index >= 15 is 0 Å². The third-order valence-corrected chi connectivity index (χ3v) is 6.25. The normalized spacial score (nSPS) is 23.3. The Morgan fingerprint density at radius 3 is 1.58 bits per heavy atom. The van der Waals surface area contributed by atoms with Gasteiger partial charge in [-0.2, -0.15) is 44.6 Å².